The second kappa shape index (κ2) is 13.3. The monoisotopic (exact) mass is 568 g/mol. The van der Waals surface area contributed by atoms with Gasteiger partial charge in [-0.3, -0.25) is 9.48 Å². The van der Waals surface area contributed by atoms with E-state index in [2.05, 4.69) is 51.3 Å². The van der Waals surface area contributed by atoms with Crippen LogP contribution in [0, 0.1) is 0 Å². The Morgan fingerprint density at radius 3 is 2.33 bits per heavy atom. The van der Waals surface area contributed by atoms with Gasteiger partial charge in [-0.1, -0.05) is 37.3 Å². The number of hydrogen-bond acceptors (Lipinski definition) is 4. The van der Waals surface area contributed by atoms with Gasteiger partial charge in [-0.15, -0.1) is 0 Å². The number of carbonyl (C=O) groups excluding carboxylic acids is 1. The van der Waals surface area contributed by atoms with Crippen LogP contribution in [-0.2, 0) is 23.9 Å². The van der Waals surface area contributed by atoms with Crippen LogP contribution in [0.4, 0.5) is 18.9 Å². The Morgan fingerprint density at radius 2 is 1.81 bits per heavy atom. The van der Waals surface area contributed by atoms with Crippen LogP contribution >= 0.6 is 15.9 Å². The van der Waals surface area contributed by atoms with Crippen molar-refractivity contribution in [3.8, 4) is 17.0 Å². The minimum absolute atomic E-state index is 0.105. The first-order valence-electron chi connectivity index (χ1n) is 11.6. The van der Waals surface area contributed by atoms with Crippen molar-refractivity contribution in [2.75, 3.05) is 32.1 Å². The molecule has 3 aromatic rings. The quantitative estimate of drug-likeness (QED) is 0.352. The summed E-state index contributed by atoms with van der Waals surface area (Å²) in [5, 5.41) is 6.26. The molecule has 1 aromatic heterocycles. The second-order valence-corrected chi connectivity index (χ2v) is 8.69. The van der Waals surface area contributed by atoms with Crippen molar-refractivity contribution in [2.24, 2.45) is 0 Å². The highest BCUT2D eigenvalue weighted by molar-refractivity contribution is 9.10. The Labute approximate surface area is 218 Å². The Hall–Kier alpha value is -3.01. The van der Waals surface area contributed by atoms with E-state index in [-0.39, 0.29) is 24.4 Å². The number of ether oxygens (including phenoxy) is 1. The molecule has 0 fully saturated rings. The van der Waals surface area contributed by atoms with Gasteiger partial charge in [0.15, 0.2) is 5.69 Å². The van der Waals surface area contributed by atoms with Crippen LogP contribution in [0.3, 0.4) is 0 Å². The maximum absolute atomic E-state index is 13.3. The molecule has 196 valence electrons. The summed E-state index contributed by atoms with van der Waals surface area (Å²) in [6.45, 7) is 6.67. The van der Waals surface area contributed by atoms with E-state index in [4.69, 9.17) is 4.74 Å². The van der Waals surface area contributed by atoms with Crippen LogP contribution in [0.1, 0.15) is 32.0 Å². The SMILES string of the molecule is CCN(C)c1ccc(Br)c(OC)c1.CCNC(=O)Cn1nc(C(F)(F)F)c(CC)c1-c1ccccc1. The van der Waals surface area contributed by atoms with Gasteiger partial charge in [0.2, 0.25) is 5.91 Å². The molecule has 0 bridgehead atoms. The number of halogens is 4. The Morgan fingerprint density at radius 1 is 1.14 bits per heavy atom. The molecule has 0 aliphatic rings. The summed E-state index contributed by atoms with van der Waals surface area (Å²) in [4.78, 5) is 14.0. The summed E-state index contributed by atoms with van der Waals surface area (Å²) < 4.78 is 47.1. The summed E-state index contributed by atoms with van der Waals surface area (Å²) in [5.41, 5.74) is 1.29. The van der Waals surface area contributed by atoms with Gasteiger partial charge in [-0.2, -0.15) is 18.3 Å². The first-order valence-corrected chi connectivity index (χ1v) is 12.4. The van der Waals surface area contributed by atoms with E-state index in [1.54, 1.807) is 51.3 Å². The number of carbonyl (C=O) groups is 1. The number of amides is 1. The normalized spacial score (nSPS) is 10.9. The van der Waals surface area contributed by atoms with Crippen LogP contribution < -0.4 is 15.0 Å². The minimum Gasteiger partial charge on any atom is -0.495 e. The third-order valence-corrected chi connectivity index (χ3v) is 6.09. The van der Waals surface area contributed by atoms with Gasteiger partial charge in [0.1, 0.15) is 12.3 Å². The molecule has 36 heavy (non-hydrogen) atoms. The molecule has 0 aliphatic carbocycles. The number of nitrogens with one attached hydrogen (secondary N) is 1. The van der Waals surface area contributed by atoms with E-state index in [1.807, 2.05) is 12.1 Å². The Kier molecular flexibility index (Phi) is 10.8. The van der Waals surface area contributed by atoms with Gasteiger partial charge < -0.3 is 15.0 Å². The fourth-order valence-electron chi connectivity index (χ4n) is 3.55. The summed E-state index contributed by atoms with van der Waals surface area (Å²) in [7, 11) is 3.73. The highest BCUT2D eigenvalue weighted by Gasteiger charge is 2.39. The van der Waals surface area contributed by atoms with Crippen LogP contribution in [0.15, 0.2) is 53.0 Å². The van der Waals surface area contributed by atoms with E-state index in [1.165, 1.54) is 5.69 Å². The molecular formula is C26H32BrF3N4O2. The average Bonchev–Trinajstić information content (AvgIpc) is 3.23. The molecule has 1 N–H and O–H groups in total. The zero-order chi connectivity index (χ0) is 26.9. The lowest BCUT2D eigenvalue weighted by molar-refractivity contribution is -0.142. The number of hydrogen-bond donors (Lipinski definition) is 1. The lowest BCUT2D eigenvalue weighted by Crippen LogP contribution is -2.28. The number of alkyl halides is 3. The van der Waals surface area contributed by atoms with Crippen LogP contribution in [0.25, 0.3) is 11.3 Å². The lowest BCUT2D eigenvalue weighted by Gasteiger charge is -2.17. The molecule has 3 rings (SSSR count). The predicted octanol–water partition coefficient (Wildman–Crippen LogP) is 6.18. The number of benzene rings is 2. The molecule has 1 amide bonds. The summed E-state index contributed by atoms with van der Waals surface area (Å²) in [5.74, 6) is 0.501. The lowest BCUT2D eigenvalue weighted by atomic mass is 10.0. The summed E-state index contributed by atoms with van der Waals surface area (Å²) >= 11 is 3.42. The largest absolute Gasteiger partial charge is 0.495 e. The smallest absolute Gasteiger partial charge is 0.435 e. The molecule has 0 aliphatic heterocycles. The van der Waals surface area contributed by atoms with Gasteiger partial charge in [0, 0.05) is 43.0 Å². The number of likely N-dealkylation sites (N-methyl/N-ethyl adjacent to an activating group) is 1. The summed E-state index contributed by atoms with van der Waals surface area (Å²) in [6, 6.07) is 14.8. The standard InChI is InChI=1S/C16H18F3N3O.C10H14BrNO/c1-3-12-14(11-8-6-5-7-9-11)22(10-13(23)20-4-2)21-15(12)16(17,18)19;1-4-12(2)8-5-6-9(11)10(7-8)13-3/h5-9H,3-4,10H2,1-2H3,(H,20,23);5-7H,4H2,1-3H3. The van der Waals surface area contributed by atoms with Gasteiger partial charge in [-0.25, -0.2) is 0 Å². The molecule has 6 nitrogen and oxygen atoms in total. The topological polar surface area (TPSA) is 59.4 Å². The third-order valence-electron chi connectivity index (χ3n) is 5.44. The molecule has 0 atom stereocenters. The van der Waals surface area contributed by atoms with Crippen LogP contribution in [0.2, 0.25) is 0 Å². The first-order chi connectivity index (χ1) is 17.1. The molecular weight excluding hydrogens is 537 g/mol. The Bertz CT molecular complexity index is 1130. The predicted molar refractivity (Wildman–Crippen MR) is 140 cm³/mol. The molecule has 2 aromatic carbocycles. The summed E-state index contributed by atoms with van der Waals surface area (Å²) in [6.07, 6.45) is -4.38. The second-order valence-electron chi connectivity index (χ2n) is 7.84. The number of methoxy groups -OCH3 is 1. The van der Waals surface area contributed by atoms with Crippen molar-refractivity contribution >= 4 is 27.5 Å². The van der Waals surface area contributed by atoms with Crippen molar-refractivity contribution < 1.29 is 22.7 Å². The number of aromatic nitrogens is 2. The molecule has 0 radical (unpaired) electrons. The van der Waals surface area contributed by atoms with Gasteiger partial charge in [0.25, 0.3) is 0 Å². The van der Waals surface area contributed by atoms with Crippen molar-refractivity contribution in [1.82, 2.24) is 15.1 Å². The molecule has 10 heteroatoms. The van der Waals surface area contributed by atoms with E-state index in [0.29, 0.717) is 17.8 Å². The number of rotatable bonds is 8. The molecule has 0 saturated heterocycles. The minimum atomic E-state index is -4.55. The fraction of sp³-hybridized carbons (Fsp3) is 0.385. The van der Waals surface area contributed by atoms with Gasteiger partial charge >= 0.3 is 6.18 Å². The van der Waals surface area contributed by atoms with E-state index in [0.717, 1.165) is 21.4 Å². The maximum atomic E-state index is 13.3. The highest BCUT2D eigenvalue weighted by Crippen LogP contribution is 2.36. The number of anilines is 1. The van der Waals surface area contributed by atoms with Crippen molar-refractivity contribution in [3.05, 3.63) is 64.3 Å². The zero-order valence-electron chi connectivity index (χ0n) is 21.1. The van der Waals surface area contributed by atoms with Crippen molar-refractivity contribution in [2.45, 2.75) is 39.9 Å². The zero-order valence-corrected chi connectivity index (χ0v) is 22.7. The van der Waals surface area contributed by atoms with E-state index < -0.39 is 11.9 Å². The molecule has 0 unspecified atom stereocenters. The maximum Gasteiger partial charge on any atom is 0.435 e. The first kappa shape index (κ1) is 29.2. The van der Waals surface area contributed by atoms with Gasteiger partial charge in [-0.05, 0) is 48.3 Å². The van der Waals surface area contributed by atoms with E-state index in [9.17, 15) is 18.0 Å². The molecule has 0 saturated carbocycles. The van der Waals surface area contributed by atoms with E-state index >= 15 is 0 Å². The van der Waals surface area contributed by atoms with Crippen LogP contribution in [-0.4, -0.2) is 42.9 Å². The van der Waals surface area contributed by atoms with Crippen molar-refractivity contribution in [1.29, 1.82) is 0 Å². The molecule has 0 spiro atoms. The van der Waals surface area contributed by atoms with Crippen LogP contribution in [0.5, 0.6) is 5.75 Å². The highest BCUT2D eigenvalue weighted by atomic mass is 79.9. The van der Waals surface area contributed by atoms with Crippen molar-refractivity contribution in [3.63, 3.8) is 0 Å². The fourth-order valence-corrected chi connectivity index (χ4v) is 3.96. The molecule has 1 heterocycles. The van der Waals surface area contributed by atoms with Gasteiger partial charge in [0.05, 0.1) is 17.3 Å². The number of nitrogens with zero attached hydrogens (tertiary/aromatic N) is 3. The Balaban J connectivity index is 0.000000297. The third kappa shape index (κ3) is 7.49. The average molecular weight is 569 g/mol.